The average Bonchev–Trinajstić information content (AvgIpc) is 3.13. The van der Waals surface area contributed by atoms with Crippen molar-refractivity contribution in [1.82, 2.24) is 29.9 Å². The van der Waals surface area contributed by atoms with E-state index in [0.29, 0.717) is 17.8 Å². The van der Waals surface area contributed by atoms with Gasteiger partial charge in [0, 0.05) is 24.2 Å². The molecule has 64 heavy (non-hydrogen) atoms. The summed E-state index contributed by atoms with van der Waals surface area (Å²) in [5.74, 6) is 0.270. The standard InChI is InChI=1S/C34H25Cl2N8O9S3.4Na.O3S/c35-31-40-29(17-20-4-2-1-3-5-20)39-30(41-31)18-21-6-7-22(27(16-21)55(48,49)50)8-9-23-10-11-25(19-28(23)56(51,52)53)38-34-43-32(36)42-33(44-34)37-24-12-14-26(15-13-24)54(45,46)47;;;;;1-4(2)3/h2-16,19H,17-18H2,(H,45,46,47)(H,48,49,50)(H,51,52,53)(H2,37,38,42,43,44);;;;;/q-1;4*+1;/p-3/b9-8+;;;;;. The van der Waals surface area contributed by atoms with E-state index < -0.39 is 55.6 Å². The quantitative estimate of drug-likeness (QED) is 0.0470. The van der Waals surface area contributed by atoms with Crippen LogP contribution < -0.4 is 129 Å². The van der Waals surface area contributed by atoms with Crippen LogP contribution in [0.5, 0.6) is 0 Å². The molecule has 0 atom stereocenters. The fraction of sp³-hybridized carbons (Fsp3) is 0.0588. The Morgan fingerprint density at radius 1 is 0.547 bits per heavy atom. The molecule has 0 saturated heterocycles. The van der Waals surface area contributed by atoms with Crippen molar-refractivity contribution in [2.24, 2.45) is 0 Å². The van der Waals surface area contributed by atoms with Crippen molar-refractivity contribution in [3.05, 3.63) is 135 Å². The predicted octanol–water partition coefficient (Wildman–Crippen LogP) is -8.27. The van der Waals surface area contributed by atoms with Crippen molar-refractivity contribution < 1.29 is 170 Å². The van der Waals surface area contributed by atoms with Gasteiger partial charge in [-0.05, 0) is 82.4 Å². The Bertz CT molecular complexity index is 3080. The molecular weight excluding hydrogens is 1000 g/mol. The fourth-order valence-electron chi connectivity index (χ4n) is 5.11. The van der Waals surface area contributed by atoms with E-state index in [4.69, 9.17) is 35.8 Å². The minimum atomic E-state index is -5.14. The van der Waals surface area contributed by atoms with E-state index in [1.807, 2.05) is 12.1 Å². The molecule has 2 heterocycles. The molecule has 0 fully saturated rings. The average molecular weight is 1030 g/mol. The van der Waals surface area contributed by atoms with Crippen LogP contribution in [-0.4, -0.2) is 81.4 Å². The second kappa shape index (κ2) is 26.6. The number of benzene rings is 4. The summed E-state index contributed by atoms with van der Waals surface area (Å²) in [6.45, 7) is 0. The molecule has 0 aliphatic rings. The third-order valence-corrected chi connectivity index (χ3v) is 10.5. The number of hydrogen-bond donors (Lipinski definition) is 2. The Kier molecular flexibility index (Phi) is 25.1. The van der Waals surface area contributed by atoms with Crippen LogP contribution in [0.15, 0.2) is 99.6 Å². The van der Waals surface area contributed by atoms with Gasteiger partial charge in [0.2, 0.25) is 22.5 Å². The van der Waals surface area contributed by atoms with Gasteiger partial charge in [0.1, 0.15) is 42.0 Å². The smallest absolute Gasteiger partial charge is 0.744 e. The van der Waals surface area contributed by atoms with Gasteiger partial charge >= 0.3 is 129 Å². The fourth-order valence-corrected chi connectivity index (χ4v) is 7.35. The first kappa shape index (κ1) is 60.2. The van der Waals surface area contributed by atoms with Crippen molar-refractivity contribution in [3.63, 3.8) is 0 Å². The Hall–Kier alpha value is -1.83. The van der Waals surface area contributed by atoms with Crippen LogP contribution in [-0.2, 0) is 53.8 Å². The first-order valence-corrected chi connectivity index (χ1v) is 22.1. The Morgan fingerprint density at radius 2 is 0.984 bits per heavy atom. The summed E-state index contributed by atoms with van der Waals surface area (Å²) in [6.07, 6.45) is 2.66. The molecule has 0 aliphatic heterocycles. The van der Waals surface area contributed by atoms with E-state index in [1.54, 1.807) is 12.1 Å². The maximum Gasteiger partial charge on any atom is 1.00 e. The van der Waals surface area contributed by atoms with E-state index >= 15 is 0 Å². The minimum absolute atomic E-state index is 0. The van der Waals surface area contributed by atoms with Crippen molar-refractivity contribution in [2.75, 3.05) is 10.6 Å². The van der Waals surface area contributed by atoms with Crippen LogP contribution >= 0.6 is 23.2 Å². The van der Waals surface area contributed by atoms with Gasteiger partial charge in [0.05, 0.1) is 14.7 Å². The molecule has 2 aromatic heterocycles. The van der Waals surface area contributed by atoms with Gasteiger partial charge in [0.15, 0.2) is 0 Å². The van der Waals surface area contributed by atoms with Gasteiger partial charge in [-0.25, -0.2) is 40.2 Å². The number of anilines is 4. The van der Waals surface area contributed by atoms with Crippen molar-refractivity contribution in [3.8, 4) is 0 Å². The largest absolute Gasteiger partial charge is 1.00 e. The van der Waals surface area contributed by atoms with Gasteiger partial charge in [-0.2, -0.15) is 50.8 Å². The second-order valence-corrected chi connectivity index (χ2v) is 16.9. The predicted molar refractivity (Wildman–Crippen MR) is 209 cm³/mol. The summed E-state index contributed by atoms with van der Waals surface area (Å²) in [6, 6.07) is 22.3. The third-order valence-electron chi connectivity index (χ3n) is 7.55. The van der Waals surface area contributed by atoms with Crippen LogP contribution in [0.3, 0.4) is 0 Å². The zero-order chi connectivity index (χ0) is 43.8. The molecule has 2 N–H and O–H groups in total. The van der Waals surface area contributed by atoms with E-state index in [-0.39, 0.29) is 175 Å². The maximum absolute atomic E-state index is 12.4. The molecule has 6 rings (SSSR count). The van der Waals surface area contributed by atoms with Crippen LogP contribution in [0, 0.1) is 6.07 Å². The minimum Gasteiger partial charge on any atom is -0.744 e. The molecule has 0 bridgehead atoms. The van der Waals surface area contributed by atoms with E-state index in [0.717, 1.165) is 35.9 Å². The number of nitrogens with one attached hydrogen (secondary N) is 2. The first-order valence-electron chi connectivity index (χ1n) is 16.1. The van der Waals surface area contributed by atoms with Crippen LogP contribution in [0.4, 0.5) is 23.3 Å². The summed E-state index contributed by atoms with van der Waals surface area (Å²) in [5, 5.41) is 5.08. The van der Waals surface area contributed by atoms with Crippen molar-refractivity contribution in [1.29, 1.82) is 0 Å². The second-order valence-electron chi connectivity index (χ2n) is 11.7. The summed E-state index contributed by atoms with van der Waals surface area (Å²) in [4.78, 5) is 22.8. The van der Waals surface area contributed by atoms with E-state index in [1.165, 1.54) is 42.5 Å². The molecule has 0 spiro atoms. The van der Waals surface area contributed by atoms with E-state index in [9.17, 15) is 38.9 Å². The molecule has 0 unspecified atom stereocenters. The van der Waals surface area contributed by atoms with Crippen LogP contribution in [0.2, 0.25) is 10.6 Å². The Labute approximate surface area is 466 Å². The molecule has 312 valence electrons. The normalized spacial score (nSPS) is 11.0. The van der Waals surface area contributed by atoms with Gasteiger partial charge in [-0.15, -0.1) is 12.6 Å². The van der Waals surface area contributed by atoms with Gasteiger partial charge in [-0.1, -0.05) is 30.4 Å². The van der Waals surface area contributed by atoms with Gasteiger partial charge < -0.3 is 24.3 Å². The number of halogens is 2. The number of aromatic nitrogens is 6. The van der Waals surface area contributed by atoms with Crippen molar-refractivity contribution >= 4 is 99.6 Å². The first-order chi connectivity index (χ1) is 28.1. The summed E-state index contributed by atoms with van der Waals surface area (Å²) in [5.41, 5.74) is 1.30. The molecule has 0 saturated carbocycles. The number of nitrogens with zero attached hydrogens (tertiary/aromatic N) is 6. The zero-order valence-electron chi connectivity index (χ0n) is 33.6. The number of rotatable bonds is 13. The van der Waals surface area contributed by atoms with Crippen molar-refractivity contribution in [2.45, 2.75) is 27.5 Å². The maximum atomic E-state index is 12.4. The molecule has 0 amide bonds. The zero-order valence-corrected chi connectivity index (χ0v) is 46.4. The Balaban J connectivity index is 0.00000246. The van der Waals surface area contributed by atoms with Crippen LogP contribution in [0.25, 0.3) is 12.2 Å². The summed E-state index contributed by atoms with van der Waals surface area (Å²) in [7, 11) is -18.0. The molecule has 30 heteroatoms. The molecule has 6 aromatic rings. The van der Waals surface area contributed by atoms with Gasteiger partial charge in [0.25, 0.3) is 0 Å². The summed E-state index contributed by atoms with van der Waals surface area (Å²) < 4.78 is 133. The molecular formula is C34H22Cl2N8Na4O12S4. The van der Waals surface area contributed by atoms with E-state index in [2.05, 4.69) is 46.6 Å². The topological polar surface area (TPSA) is 324 Å². The monoisotopic (exact) mass is 1020 g/mol. The summed E-state index contributed by atoms with van der Waals surface area (Å²) >= 11 is 12.2. The van der Waals surface area contributed by atoms with Crippen LogP contribution in [0.1, 0.15) is 33.9 Å². The Morgan fingerprint density at radius 3 is 1.48 bits per heavy atom. The molecule has 20 nitrogen and oxygen atoms in total. The SMILES string of the molecule is O=S(=O)([O-])c1ccc(Nc2nc(Cl)nc(Nc3ccc(/C=C/c4ccc(Cc5nc(Cl)nc(Cc6cc[c-]cc6)n5)cc4S(=O)(=O)[O-])c(S(=O)(=O)[O-])c3)n2)cc1.O=S(=O)=O.[Na+].[Na+].[Na+].[Na+]. The number of hydrogen-bond acceptors (Lipinski definition) is 20. The van der Waals surface area contributed by atoms with Gasteiger partial charge in [-0.3, -0.25) is 0 Å². The third kappa shape index (κ3) is 19.0. The molecule has 0 radical (unpaired) electrons. The molecule has 0 aliphatic carbocycles. The molecule has 4 aromatic carbocycles.